The number of nitrogens with zero attached hydrogens (tertiary/aromatic N) is 5. The van der Waals surface area contributed by atoms with Crippen LogP contribution in [-0.4, -0.2) is 40.6 Å². The van der Waals surface area contributed by atoms with Gasteiger partial charge in [0.15, 0.2) is 0 Å². The quantitative estimate of drug-likeness (QED) is 0.251. The van der Waals surface area contributed by atoms with Gasteiger partial charge in [-0.1, -0.05) is 6.07 Å². The molecule has 1 aromatic carbocycles. The van der Waals surface area contributed by atoms with E-state index in [1.54, 1.807) is 37.4 Å². The summed E-state index contributed by atoms with van der Waals surface area (Å²) >= 11 is 0. The minimum atomic E-state index is -0.783. The highest BCUT2D eigenvalue weighted by molar-refractivity contribution is 5.99. The summed E-state index contributed by atoms with van der Waals surface area (Å²) in [7, 11) is 3.31. The van der Waals surface area contributed by atoms with E-state index < -0.39 is 17.5 Å². The first kappa shape index (κ1) is 25.9. The van der Waals surface area contributed by atoms with Gasteiger partial charge in [-0.05, 0) is 26.0 Å². The summed E-state index contributed by atoms with van der Waals surface area (Å²) in [6.07, 6.45) is 4.22. The number of ether oxygens (including phenoxy) is 1. The molecule has 0 saturated heterocycles. The van der Waals surface area contributed by atoms with Crippen molar-refractivity contribution in [1.29, 1.82) is 0 Å². The predicted octanol–water partition coefficient (Wildman–Crippen LogP) is 6.69. The van der Waals surface area contributed by atoms with Crippen molar-refractivity contribution >= 4 is 28.1 Å². The number of methoxy groups -OCH3 is 1. The Labute approximate surface area is 223 Å². The molecule has 0 aliphatic carbocycles. The Balaban J connectivity index is 1.79. The summed E-state index contributed by atoms with van der Waals surface area (Å²) in [6, 6.07) is 10.5. The van der Waals surface area contributed by atoms with Crippen LogP contribution in [0.4, 0.5) is 30.4 Å². The molecule has 0 aliphatic heterocycles. The number of hydrogen-bond acceptors (Lipinski definition) is 7. The molecule has 1 N–H and O–H groups in total. The first-order chi connectivity index (χ1) is 18.8. The van der Waals surface area contributed by atoms with Gasteiger partial charge in [-0.2, -0.15) is 0 Å². The van der Waals surface area contributed by atoms with E-state index in [-0.39, 0.29) is 22.3 Å². The Morgan fingerprint density at radius 2 is 1.77 bits per heavy atom. The molecule has 4 aromatic heterocycles. The van der Waals surface area contributed by atoms with Gasteiger partial charge in [-0.15, -0.1) is 0 Å². The maximum absolute atomic E-state index is 15.3. The van der Waals surface area contributed by atoms with Gasteiger partial charge in [0.2, 0.25) is 5.88 Å². The number of fused-ring (bicyclic) bond motifs is 1. The van der Waals surface area contributed by atoms with E-state index in [0.717, 1.165) is 12.3 Å². The van der Waals surface area contributed by atoms with E-state index in [9.17, 15) is 4.39 Å². The fourth-order valence-corrected chi connectivity index (χ4v) is 4.32. The average molecular weight is 531 g/mol. The van der Waals surface area contributed by atoms with Crippen molar-refractivity contribution < 1.29 is 17.9 Å². The van der Waals surface area contributed by atoms with Gasteiger partial charge < -0.3 is 15.0 Å². The van der Waals surface area contributed by atoms with E-state index in [2.05, 4.69) is 25.3 Å². The molecule has 0 bridgehead atoms. The summed E-state index contributed by atoms with van der Waals surface area (Å²) in [5, 5.41) is 3.40. The van der Waals surface area contributed by atoms with Crippen LogP contribution in [0.2, 0.25) is 0 Å². The second-order valence-corrected chi connectivity index (χ2v) is 8.89. The summed E-state index contributed by atoms with van der Waals surface area (Å²) < 4.78 is 49.9. The van der Waals surface area contributed by atoms with Crippen molar-refractivity contribution in [2.45, 2.75) is 13.8 Å². The van der Waals surface area contributed by atoms with Crippen molar-refractivity contribution in [3.8, 4) is 28.4 Å². The molecule has 5 rings (SSSR count). The van der Waals surface area contributed by atoms with E-state index in [1.165, 1.54) is 25.4 Å². The lowest BCUT2D eigenvalue weighted by Gasteiger charge is -2.22. The van der Waals surface area contributed by atoms with Crippen molar-refractivity contribution in [3.63, 3.8) is 0 Å². The highest BCUT2D eigenvalue weighted by atomic mass is 19.1. The zero-order chi connectivity index (χ0) is 27.7. The smallest absolute Gasteiger partial charge is 0.213 e. The second kappa shape index (κ2) is 10.6. The van der Waals surface area contributed by atoms with Gasteiger partial charge in [0.1, 0.15) is 23.3 Å². The van der Waals surface area contributed by atoms with Crippen LogP contribution >= 0.6 is 0 Å². The summed E-state index contributed by atoms with van der Waals surface area (Å²) in [4.78, 5) is 19.3. The SMILES string of the molecule is CCN(C)c1cc(Nc2c(C)c(-c3ccccn3)nc3cc(F)cc(F)c23)c(-c2cc(OC)ncc2F)cn1. The summed E-state index contributed by atoms with van der Waals surface area (Å²) in [5.74, 6) is -1.30. The maximum atomic E-state index is 15.3. The van der Waals surface area contributed by atoms with Gasteiger partial charge in [0, 0.05) is 66.9 Å². The third kappa shape index (κ3) is 4.93. The van der Waals surface area contributed by atoms with Crippen LogP contribution in [0, 0.1) is 24.4 Å². The zero-order valence-corrected chi connectivity index (χ0v) is 21.8. The Bertz CT molecular complexity index is 1680. The van der Waals surface area contributed by atoms with Crippen molar-refractivity contribution in [2.75, 3.05) is 30.9 Å². The van der Waals surface area contributed by atoms with Crippen LogP contribution in [0.5, 0.6) is 5.88 Å². The third-order valence-corrected chi connectivity index (χ3v) is 6.50. The van der Waals surface area contributed by atoms with E-state index in [4.69, 9.17) is 4.74 Å². The summed E-state index contributed by atoms with van der Waals surface area (Å²) in [6.45, 7) is 4.41. The molecule has 10 heteroatoms. The predicted molar refractivity (Wildman–Crippen MR) is 146 cm³/mol. The van der Waals surface area contributed by atoms with Crippen LogP contribution < -0.4 is 15.0 Å². The standard InChI is InChI=1S/C29H25F3N6O/c1-5-38(3)25-13-23(19(14-34-25)18-12-26(39-4)35-15-21(18)32)36-29-16(2)28(22-8-6-7-9-33-22)37-24-11-17(30)10-20(31)27(24)29/h6-15H,5H2,1-4H3,(H,34,36,37). The highest BCUT2D eigenvalue weighted by Gasteiger charge is 2.21. The molecular weight excluding hydrogens is 505 g/mol. The molecule has 0 unspecified atom stereocenters. The number of pyridine rings is 4. The molecule has 7 nitrogen and oxygen atoms in total. The number of anilines is 3. The Hall–Kier alpha value is -4.73. The van der Waals surface area contributed by atoms with Gasteiger partial charge in [0.05, 0.1) is 47.0 Å². The van der Waals surface area contributed by atoms with Gasteiger partial charge in [0.25, 0.3) is 0 Å². The second-order valence-electron chi connectivity index (χ2n) is 8.89. The first-order valence-corrected chi connectivity index (χ1v) is 12.2. The van der Waals surface area contributed by atoms with Gasteiger partial charge in [-0.25, -0.2) is 28.1 Å². The molecule has 5 aromatic rings. The maximum Gasteiger partial charge on any atom is 0.213 e. The van der Waals surface area contributed by atoms with Gasteiger partial charge >= 0.3 is 0 Å². The molecule has 0 fully saturated rings. The lowest BCUT2D eigenvalue weighted by atomic mass is 10.0. The molecule has 4 heterocycles. The van der Waals surface area contributed by atoms with E-state index >= 15 is 8.78 Å². The number of hydrogen-bond donors (Lipinski definition) is 1. The van der Waals surface area contributed by atoms with Crippen LogP contribution in [0.15, 0.2) is 61.1 Å². The van der Waals surface area contributed by atoms with Gasteiger partial charge in [-0.3, -0.25) is 4.98 Å². The Morgan fingerprint density at radius 3 is 2.49 bits per heavy atom. The molecule has 0 saturated carbocycles. The molecule has 0 spiro atoms. The minimum Gasteiger partial charge on any atom is -0.481 e. The monoisotopic (exact) mass is 530 g/mol. The molecule has 0 aliphatic rings. The molecule has 198 valence electrons. The number of aromatic nitrogens is 4. The number of benzene rings is 1. The fraction of sp³-hybridized carbons (Fsp3) is 0.172. The number of rotatable bonds is 7. The first-order valence-electron chi connectivity index (χ1n) is 12.2. The molecule has 0 radical (unpaired) electrons. The van der Waals surface area contributed by atoms with Crippen molar-refractivity contribution in [3.05, 3.63) is 84.1 Å². The fourth-order valence-electron chi connectivity index (χ4n) is 4.32. The lowest BCUT2D eigenvalue weighted by Crippen LogP contribution is -2.17. The van der Waals surface area contributed by atoms with E-state index in [1.807, 2.05) is 18.9 Å². The topological polar surface area (TPSA) is 76.1 Å². The molecule has 0 atom stereocenters. The summed E-state index contributed by atoms with van der Waals surface area (Å²) in [5.41, 5.74) is 3.05. The third-order valence-electron chi connectivity index (χ3n) is 6.50. The average Bonchev–Trinajstić information content (AvgIpc) is 2.94. The number of halogens is 3. The zero-order valence-electron chi connectivity index (χ0n) is 21.8. The van der Waals surface area contributed by atoms with Crippen molar-refractivity contribution in [1.82, 2.24) is 19.9 Å². The lowest BCUT2D eigenvalue weighted by molar-refractivity contribution is 0.396. The normalized spacial score (nSPS) is 11.1. The largest absolute Gasteiger partial charge is 0.481 e. The molecule has 39 heavy (non-hydrogen) atoms. The minimum absolute atomic E-state index is 0.0921. The van der Waals surface area contributed by atoms with Crippen molar-refractivity contribution in [2.24, 2.45) is 0 Å². The van der Waals surface area contributed by atoms with Crippen LogP contribution in [0.1, 0.15) is 12.5 Å². The molecular formula is C29H25F3N6O. The highest BCUT2D eigenvalue weighted by Crippen LogP contribution is 2.40. The number of nitrogens with one attached hydrogen (secondary N) is 1. The Morgan fingerprint density at radius 1 is 0.949 bits per heavy atom. The molecule has 0 amide bonds. The van der Waals surface area contributed by atoms with Crippen LogP contribution in [0.3, 0.4) is 0 Å². The van der Waals surface area contributed by atoms with Crippen LogP contribution in [-0.2, 0) is 0 Å². The van der Waals surface area contributed by atoms with Crippen LogP contribution in [0.25, 0.3) is 33.4 Å². The van der Waals surface area contributed by atoms with E-state index in [0.29, 0.717) is 46.3 Å². The Kier molecular flexibility index (Phi) is 7.02.